The van der Waals surface area contributed by atoms with Crippen molar-refractivity contribution in [2.75, 3.05) is 13.7 Å². The summed E-state index contributed by atoms with van der Waals surface area (Å²) < 4.78 is 11.0. The number of carbonyl (C=O) groups excluding carboxylic acids is 3. The fourth-order valence-corrected chi connectivity index (χ4v) is 4.84. The first-order valence-corrected chi connectivity index (χ1v) is 13.3. The van der Waals surface area contributed by atoms with Gasteiger partial charge in [-0.15, -0.1) is 0 Å². The second-order valence-electron chi connectivity index (χ2n) is 9.85. The second-order valence-corrected chi connectivity index (χ2v) is 9.85. The number of amides is 1. The Morgan fingerprint density at radius 1 is 1.08 bits per heavy atom. The molecule has 2 N–H and O–H groups in total. The number of ketones is 1. The zero-order valence-electron chi connectivity index (χ0n) is 22.9. The van der Waals surface area contributed by atoms with Gasteiger partial charge in [-0.25, -0.2) is 4.79 Å². The third kappa shape index (κ3) is 8.27. The monoisotopic (exact) mass is 535 g/mol. The SMILES string of the molecule is COc1c(C)c2c(c(CC(=O)CCCC(=O)NCCc3ccccc3)c1C/C=C(\C)CCC(=O)O)C(=O)OC2. The number of hydrogen-bond acceptors (Lipinski definition) is 6. The molecule has 0 fully saturated rings. The molecule has 1 aliphatic heterocycles. The third-order valence-electron chi connectivity index (χ3n) is 6.99. The van der Waals surface area contributed by atoms with E-state index < -0.39 is 11.9 Å². The van der Waals surface area contributed by atoms with E-state index in [-0.39, 0.29) is 44.0 Å². The average Bonchev–Trinajstić information content (AvgIpc) is 3.30. The van der Waals surface area contributed by atoms with Crippen molar-refractivity contribution >= 4 is 23.6 Å². The van der Waals surface area contributed by atoms with Crippen LogP contribution in [0.4, 0.5) is 0 Å². The quantitative estimate of drug-likeness (QED) is 0.251. The van der Waals surface area contributed by atoms with E-state index in [0.717, 1.165) is 34.2 Å². The molecule has 0 radical (unpaired) electrons. The van der Waals surface area contributed by atoms with Gasteiger partial charge in [0.15, 0.2) is 0 Å². The van der Waals surface area contributed by atoms with Gasteiger partial charge in [-0.1, -0.05) is 42.0 Å². The maximum absolute atomic E-state index is 13.0. The summed E-state index contributed by atoms with van der Waals surface area (Å²) in [6.07, 6.45) is 4.38. The van der Waals surface area contributed by atoms with E-state index in [0.29, 0.717) is 42.7 Å². The van der Waals surface area contributed by atoms with Crippen LogP contribution in [0.1, 0.15) is 77.2 Å². The van der Waals surface area contributed by atoms with E-state index in [4.69, 9.17) is 14.6 Å². The summed E-state index contributed by atoms with van der Waals surface area (Å²) in [5, 5.41) is 11.9. The first kappa shape index (κ1) is 29.6. The molecule has 8 heteroatoms. The van der Waals surface area contributed by atoms with Crippen LogP contribution in [0.5, 0.6) is 5.75 Å². The van der Waals surface area contributed by atoms with Crippen LogP contribution >= 0.6 is 0 Å². The molecule has 0 unspecified atom stereocenters. The van der Waals surface area contributed by atoms with E-state index >= 15 is 0 Å². The molecule has 0 aliphatic carbocycles. The molecule has 0 atom stereocenters. The Labute approximate surface area is 229 Å². The maximum atomic E-state index is 13.0. The number of esters is 1. The van der Waals surface area contributed by atoms with Gasteiger partial charge in [-0.2, -0.15) is 0 Å². The van der Waals surface area contributed by atoms with E-state index in [1.807, 2.05) is 50.3 Å². The first-order chi connectivity index (χ1) is 18.7. The smallest absolute Gasteiger partial charge is 0.339 e. The Bertz CT molecular complexity index is 1250. The number of carboxylic acid groups (broad SMARTS) is 1. The van der Waals surface area contributed by atoms with Gasteiger partial charge < -0.3 is 19.9 Å². The van der Waals surface area contributed by atoms with Gasteiger partial charge in [-0.05, 0) is 56.2 Å². The van der Waals surface area contributed by atoms with Gasteiger partial charge in [0.25, 0.3) is 0 Å². The molecule has 0 aromatic heterocycles. The minimum Gasteiger partial charge on any atom is -0.496 e. The summed E-state index contributed by atoms with van der Waals surface area (Å²) >= 11 is 0. The largest absolute Gasteiger partial charge is 0.496 e. The van der Waals surface area contributed by atoms with E-state index in [2.05, 4.69) is 5.32 Å². The normalized spacial score (nSPS) is 12.6. The van der Waals surface area contributed by atoms with Crippen molar-refractivity contribution < 1.29 is 33.8 Å². The summed E-state index contributed by atoms with van der Waals surface area (Å²) in [5.74, 6) is -0.887. The van der Waals surface area contributed by atoms with Crippen LogP contribution in [0.25, 0.3) is 0 Å². The Morgan fingerprint density at radius 2 is 1.82 bits per heavy atom. The van der Waals surface area contributed by atoms with Crippen molar-refractivity contribution in [3.05, 3.63) is 75.4 Å². The molecular formula is C31H37NO7. The summed E-state index contributed by atoms with van der Waals surface area (Å²) in [6.45, 7) is 4.40. The molecule has 1 amide bonds. The molecule has 2 aromatic carbocycles. The number of ether oxygens (including phenoxy) is 2. The lowest BCUT2D eigenvalue weighted by Gasteiger charge is -2.19. The summed E-state index contributed by atoms with van der Waals surface area (Å²) in [7, 11) is 1.55. The predicted molar refractivity (Wildman–Crippen MR) is 147 cm³/mol. The van der Waals surface area contributed by atoms with Crippen LogP contribution in [0.2, 0.25) is 0 Å². The summed E-state index contributed by atoms with van der Waals surface area (Å²) in [5.41, 5.74) is 5.32. The highest BCUT2D eigenvalue weighted by Gasteiger charge is 2.32. The molecule has 1 aliphatic rings. The Kier molecular flexibility index (Phi) is 10.8. The molecule has 1 heterocycles. The molecule has 0 bridgehead atoms. The van der Waals surface area contributed by atoms with Crippen molar-refractivity contribution in [2.45, 2.75) is 71.8 Å². The number of carbonyl (C=O) groups is 4. The predicted octanol–water partition coefficient (Wildman–Crippen LogP) is 4.67. The van der Waals surface area contributed by atoms with Gasteiger partial charge in [0, 0.05) is 43.4 Å². The standard InChI is InChI=1S/C31H37NO7/c1-20(13-15-28(35)36)12-14-24-25(29-26(19-39-31(29)37)21(2)30(24)38-3)18-23(33)10-7-11-27(34)32-17-16-22-8-5-4-6-9-22/h4-6,8-9,12H,7,10-11,13-19H2,1-3H3,(H,32,34)(H,35,36)/b20-12+. The first-order valence-electron chi connectivity index (χ1n) is 13.3. The number of aliphatic carboxylic acids is 1. The number of carboxylic acids is 1. The molecule has 0 spiro atoms. The molecule has 208 valence electrons. The van der Waals surface area contributed by atoms with Crippen LogP contribution in [0.3, 0.4) is 0 Å². The van der Waals surface area contributed by atoms with Crippen molar-refractivity contribution in [1.82, 2.24) is 5.32 Å². The fourth-order valence-electron chi connectivity index (χ4n) is 4.84. The lowest BCUT2D eigenvalue weighted by Crippen LogP contribution is -2.25. The van der Waals surface area contributed by atoms with Crippen LogP contribution in [0.15, 0.2) is 42.0 Å². The topological polar surface area (TPSA) is 119 Å². The van der Waals surface area contributed by atoms with E-state index in [1.165, 1.54) is 0 Å². The van der Waals surface area contributed by atoms with Crippen LogP contribution in [-0.2, 0) is 45.0 Å². The molecular weight excluding hydrogens is 498 g/mol. The Balaban J connectivity index is 1.67. The molecule has 39 heavy (non-hydrogen) atoms. The zero-order chi connectivity index (χ0) is 28.4. The van der Waals surface area contributed by atoms with Gasteiger partial charge in [0.05, 0.1) is 12.7 Å². The van der Waals surface area contributed by atoms with E-state index in [1.54, 1.807) is 7.11 Å². The number of benzene rings is 2. The Hall–Kier alpha value is -3.94. The number of allylic oxidation sites excluding steroid dienone is 2. The summed E-state index contributed by atoms with van der Waals surface area (Å²) in [4.78, 5) is 48.9. The number of hydrogen-bond donors (Lipinski definition) is 2. The number of methoxy groups -OCH3 is 1. The number of rotatable bonds is 15. The summed E-state index contributed by atoms with van der Waals surface area (Å²) in [6, 6.07) is 9.90. The lowest BCUT2D eigenvalue weighted by molar-refractivity contribution is -0.137. The van der Waals surface area contributed by atoms with Crippen molar-refractivity contribution in [3.8, 4) is 5.75 Å². The van der Waals surface area contributed by atoms with Gasteiger partial charge in [-0.3, -0.25) is 14.4 Å². The molecule has 8 nitrogen and oxygen atoms in total. The van der Waals surface area contributed by atoms with Crippen LogP contribution < -0.4 is 10.1 Å². The molecule has 3 rings (SSSR count). The zero-order valence-corrected chi connectivity index (χ0v) is 22.9. The van der Waals surface area contributed by atoms with Crippen molar-refractivity contribution in [1.29, 1.82) is 0 Å². The number of cyclic esters (lactones) is 1. The van der Waals surface area contributed by atoms with Crippen molar-refractivity contribution in [2.24, 2.45) is 0 Å². The van der Waals surface area contributed by atoms with Gasteiger partial charge >= 0.3 is 11.9 Å². The highest BCUT2D eigenvalue weighted by atomic mass is 16.5. The average molecular weight is 536 g/mol. The van der Waals surface area contributed by atoms with Gasteiger partial charge in [0.2, 0.25) is 5.91 Å². The van der Waals surface area contributed by atoms with Crippen LogP contribution in [0, 0.1) is 6.92 Å². The lowest BCUT2D eigenvalue weighted by atomic mass is 9.87. The highest BCUT2D eigenvalue weighted by molar-refractivity contribution is 5.98. The number of Topliss-reactive ketones (excluding diaryl/α,β-unsaturated/α-hetero) is 1. The van der Waals surface area contributed by atoms with Crippen LogP contribution in [-0.4, -0.2) is 42.4 Å². The number of fused-ring (bicyclic) bond motifs is 1. The third-order valence-corrected chi connectivity index (χ3v) is 6.99. The second kappa shape index (κ2) is 14.3. The maximum Gasteiger partial charge on any atom is 0.339 e. The van der Waals surface area contributed by atoms with E-state index in [9.17, 15) is 19.2 Å². The fraction of sp³-hybridized carbons (Fsp3) is 0.419. The molecule has 2 aromatic rings. The molecule has 0 saturated heterocycles. The van der Waals surface area contributed by atoms with Gasteiger partial charge in [0.1, 0.15) is 18.1 Å². The minimum absolute atomic E-state index is 0.0280. The number of nitrogens with one attached hydrogen (secondary N) is 1. The minimum atomic E-state index is -0.868. The molecule has 0 saturated carbocycles. The highest BCUT2D eigenvalue weighted by Crippen LogP contribution is 2.38. The Morgan fingerprint density at radius 3 is 2.51 bits per heavy atom. The van der Waals surface area contributed by atoms with Crippen molar-refractivity contribution in [3.63, 3.8) is 0 Å².